The number of halogens is 5. The van der Waals surface area contributed by atoms with Crippen molar-refractivity contribution in [3.05, 3.63) is 53.0 Å². The highest BCUT2D eigenvalue weighted by atomic mass is 32.2. The van der Waals surface area contributed by atoms with Gasteiger partial charge in [-0.05, 0) is 25.0 Å². The Morgan fingerprint density at radius 2 is 1.48 bits per heavy atom. The van der Waals surface area contributed by atoms with E-state index in [1.807, 2.05) is 0 Å². The average molecular weight is 424 g/mol. The minimum atomic E-state index is -3.65. The van der Waals surface area contributed by atoms with Crippen LogP contribution < -0.4 is 0 Å². The van der Waals surface area contributed by atoms with Gasteiger partial charge >= 0.3 is 0 Å². The molecule has 0 N–H and O–H groups in total. The molecule has 11 heteroatoms. The van der Waals surface area contributed by atoms with E-state index in [0.29, 0.717) is 13.1 Å². The molecule has 1 aromatic carbocycles. The highest BCUT2D eigenvalue weighted by Crippen LogP contribution is 2.29. The number of aromatic nitrogens is 1. The monoisotopic (exact) mass is 424 g/mol. The molecule has 1 saturated heterocycles. The van der Waals surface area contributed by atoms with Crippen LogP contribution in [0.1, 0.15) is 18.4 Å². The summed E-state index contributed by atoms with van der Waals surface area (Å²) in [5, 5.41) is 0.180. The Balaban J connectivity index is 1.77. The Kier molecular flexibility index (Phi) is 5.73. The fourth-order valence-corrected chi connectivity index (χ4v) is 4.91. The largest absolute Gasteiger partial charge is 0.249 e. The van der Waals surface area contributed by atoms with Gasteiger partial charge in [0.15, 0.2) is 23.3 Å². The van der Waals surface area contributed by atoms with E-state index >= 15 is 0 Å². The Labute approximate surface area is 156 Å². The van der Waals surface area contributed by atoms with Crippen molar-refractivity contribution in [3.8, 4) is 0 Å². The lowest BCUT2D eigenvalue weighted by molar-refractivity contribution is 0.372. The zero-order valence-electron chi connectivity index (χ0n) is 13.7. The summed E-state index contributed by atoms with van der Waals surface area (Å²) in [6.07, 6.45) is 2.67. The highest BCUT2D eigenvalue weighted by Gasteiger charge is 2.28. The van der Waals surface area contributed by atoms with E-state index in [-0.39, 0.29) is 9.92 Å². The number of thioether (sulfide) groups is 1. The first-order valence-electron chi connectivity index (χ1n) is 7.82. The third kappa shape index (κ3) is 3.81. The molecule has 27 heavy (non-hydrogen) atoms. The number of benzene rings is 1. The van der Waals surface area contributed by atoms with Gasteiger partial charge in [-0.1, -0.05) is 0 Å². The molecule has 0 saturated carbocycles. The van der Waals surface area contributed by atoms with Crippen LogP contribution in [0.2, 0.25) is 0 Å². The number of hydrogen-bond acceptors (Lipinski definition) is 4. The van der Waals surface area contributed by atoms with Crippen LogP contribution in [-0.2, 0) is 15.8 Å². The Bertz CT molecular complexity index is 933. The van der Waals surface area contributed by atoms with Crippen LogP contribution in [0.15, 0.2) is 28.3 Å². The van der Waals surface area contributed by atoms with Crippen LogP contribution in [0.5, 0.6) is 0 Å². The highest BCUT2D eigenvalue weighted by molar-refractivity contribution is 7.98. The van der Waals surface area contributed by atoms with Gasteiger partial charge in [0.05, 0.1) is 5.03 Å². The van der Waals surface area contributed by atoms with E-state index in [0.717, 1.165) is 30.8 Å². The first-order chi connectivity index (χ1) is 12.7. The SMILES string of the molecule is O=S(=O)(c1ccc(SCc2c(F)c(F)c(F)c(F)c2F)nc1)N1CCCC1. The van der Waals surface area contributed by atoms with Crippen LogP contribution in [-0.4, -0.2) is 30.8 Å². The molecular formula is C16H13F5N2O2S2. The predicted octanol–water partition coefficient (Wildman–Crippen LogP) is 3.85. The molecule has 1 aliphatic rings. The first kappa shape index (κ1) is 20.0. The van der Waals surface area contributed by atoms with Crippen molar-refractivity contribution in [2.45, 2.75) is 28.5 Å². The minimum absolute atomic E-state index is 0.0232. The van der Waals surface area contributed by atoms with E-state index in [2.05, 4.69) is 4.98 Å². The van der Waals surface area contributed by atoms with Gasteiger partial charge in [0.1, 0.15) is 4.90 Å². The summed E-state index contributed by atoms with van der Waals surface area (Å²) < 4.78 is 92.9. The molecule has 3 rings (SSSR count). The minimum Gasteiger partial charge on any atom is -0.249 e. The molecule has 0 unspecified atom stereocenters. The zero-order valence-corrected chi connectivity index (χ0v) is 15.3. The second kappa shape index (κ2) is 7.72. The van der Waals surface area contributed by atoms with Crippen LogP contribution in [0.4, 0.5) is 22.0 Å². The standard InChI is InChI=1S/C16H13F5N2O2S2/c17-12-10(13(18)15(20)16(21)14(12)19)8-26-11-4-3-9(7-22-11)27(24,25)23-5-1-2-6-23/h3-4,7H,1-2,5-6,8H2. The fraction of sp³-hybridized carbons (Fsp3) is 0.312. The zero-order chi connectivity index (χ0) is 19.8. The van der Waals surface area contributed by atoms with Crippen molar-refractivity contribution in [2.24, 2.45) is 0 Å². The van der Waals surface area contributed by atoms with Gasteiger partial charge in [-0.3, -0.25) is 0 Å². The van der Waals surface area contributed by atoms with E-state index in [9.17, 15) is 30.4 Å². The normalized spacial score (nSPS) is 15.4. The molecule has 0 bridgehead atoms. The smallest absolute Gasteiger partial charge is 0.244 e. The number of nitrogens with zero attached hydrogens (tertiary/aromatic N) is 2. The molecule has 146 valence electrons. The van der Waals surface area contributed by atoms with Gasteiger partial charge in [0, 0.05) is 30.6 Å². The molecule has 1 aromatic heterocycles. The van der Waals surface area contributed by atoms with Crippen molar-refractivity contribution >= 4 is 21.8 Å². The molecule has 0 amide bonds. The van der Waals surface area contributed by atoms with E-state index in [1.54, 1.807) is 0 Å². The summed E-state index contributed by atoms with van der Waals surface area (Å²) in [5.74, 6) is -10.6. The lowest BCUT2D eigenvalue weighted by Crippen LogP contribution is -2.27. The molecule has 0 aliphatic carbocycles. The fourth-order valence-electron chi connectivity index (χ4n) is 2.61. The van der Waals surface area contributed by atoms with Gasteiger partial charge < -0.3 is 0 Å². The number of pyridine rings is 1. The van der Waals surface area contributed by atoms with Crippen molar-refractivity contribution in [1.29, 1.82) is 0 Å². The van der Waals surface area contributed by atoms with E-state index in [1.165, 1.54) is 16.4 Å². The van der Waals surface area contributed by atoms with Crippen molar-refractivity contribution in [3.63, 3.8) is 0 Å². The number of hydrogen-bond donors (Lipinski definition) is 0. The van der Waals surface area contributed by atoms with Gasteiger partial charge in [-0.25, -0.2) is 35.4 Å². The summed E-state index contributed by atoms with van der Waals surface area (Å²) in [4.78, 5) is 3.88. The average Bonchev–Trinajstić information content (AvgIpc) is 3.21. The maximum Gasteiger partial charge on any atom is 0.244 e. The quantitative estimate of drug-likeness (QED) is 0.317. The molecule has 0 atom stereocenters. The third-order valence-electron chi connectivity index (χ3n) is 4.08. The lowest BCUT2D eigenvalue weighted by Gasteiger charge is -2.15. The molecule has 2 heterocycles. The molecule has 1 fully saturated rings. The molecule has 0 radical (unpaired) electrons. The molecular weight excluding hydrogens is 411 g/mol. The summed E-state index contributed by atoms with van der Waals surface area (Å²) in [7, 11) is -3.65. The predicted molar refractivity (Wildman–Crippen MR) is 88.0 cm³/mol. The van der Waals surface area contributed by atoms with E-state index < -0.39 is 50.4 Å². The van der Waals surface area contributed by atoms with Gasteiger partial charge in [0.25, 0.3) is 0 Å². The Hall–Kier alpha value is -1.72. The van der Waals surface area contributed by atoms with Crippen LogP contribution >= 0.6 is 11.8 Å². The van der Waals surface area contributed by atoms with Crippen molar-refractivity contribution < 1.29 is 30.4 Å². The first-order valence-corrected chi connectivity index (χ1v) is 10.3. The molecule has 2 aromatic rings. The maximum atomic E-state index is 13.7. The topological polar surface area (TPSA) is 50.3 Å². The summed E-state index contributed by atoms with van der Waals surface area (Å²) in [6, 6.07) is 2.61. The summed E-state index contributed by atoms with van der Waals surface area (Å²) in [6.45, 7) is 0.859. The van der Waals surface area contributed by atoms with Gasteiger partial charge in [-0.15, -0.1) is 11.8 Å². The third-order valence-corrected chi connectivity index (χ3v) is 6.93. The van der Waals surface area contributed by atoms with Crippen LogP contribution in [0.25, 0.3) is 0 Å². The Morgan fingerprint density at radius 3 is 2.00 bits per heavy atom. The molecule has 4 nitrogen and oxygen atoms in total. The van der Waals surface area contributed by atoms with Crippen LogP contribution in [0.3, 0.4) is 0 Å². The second-order valence-corrected chi connectivity index (χ2v) is 8.71. The summed E-state index contributed by atoms with van der Waals surface area (Å²) >= 11 is 0.721. The molecule has 1 aliphatic heterocycles. The van der Waals surface area contributed by atoms with Gasteiger partial charge in [-0.2, -0.15) is 4.31 Å². The second-order valence-electron chi connectivity index (χ2n) is 5.78. The van der Waals surface area contributed by atoms with Crippen molar-refractivity contribution in [2.75, 3.05) is 13.1 Å². The number of sulfonamides is 1. The van der Waals surface area contributed by atoms with Crippen molar-refractivity contribution in [1.82, 2.24) is 9.29 Å². The molecule has 0 spiro atoms. The van der Waals surface area contributed by atoms with Gasteiger partial charge in [0.2, 0.25) is 15.8 Å². The maximum absolute atomic E-state index is 13.7. The summed E-state index contributed by atoms with van der Waals surface area (Å²) in [5.41, 5.74) is -0.966. The van der Waals surface area contributed by atoms with E-state index in [4.69, 9.17) is 0 Å². The lowest BCUT2D eigenvalue weighted by atomic mass is 10.2. The van der Waals surface area contributed by atoms with Crippen LogP contribution in [0, 0.1) is 29.1 Å². The Morgan fingerprint density at radius 1 is 0.926 bits per heavy atom. The number of rotatable bonds is 5.